The monoisotopic (exact) mass is 679 g/mol. The molecule has 6 nitrogen and oxygen atoms in total. The predicted octanol–water partition coefficient (Wildman–Crippen LogP) is 12.6. The molecule has 0 aliphatic carbocycles. The smallest absolute Gasteiger partial charge is 0.303 e. The van der Waals surface area contributed by atoms with E-state index in [1.807, 2.05) is 6.92 Å². The van der Waals surface area contributed by atoms with Crippen molar-refractivity contribution in [3.63, 3.8) is 0 Å². The maximum Gasteiger partial charge on any atom is 0.303 e. The largest absolute Gasteiger partial charge is 0.481 e. The summed E-state index contributed by atoms with van der Waals surface area (Å²) in [6.07, 6.45) is 47.8. The highest BCUT2D eigenvalue weighted by atomic mass is 16.5. The third kappa shape index (κ3) is 59.3. The first-order valence-corrected chi connectivity index (χ1v) is 19.7. The summed E-state index contributed by atoms with van der Waals surface area (Å²) >= 11 is 0. The number of hydrogen-bond acceptors (Lipinski definition) is 4. The van der Waals surface area contributed by atoms with Crippen LogP contribution in [0.15, 0.2) is 48.6 Å². The molecule has 282 valence electrons. The Bertz CT molecular complexity index is 753. The van der Waals surface area contributed by atoms with E-state index in [2.05, 4.69) is 62.5 Å². The molecular formula is C42H78O6. The van der Waals surface area contributed by atoms with Crippen molar-refractivity contribution in [1.82, 2.24) is 0 Å². The van der Waals surface area contributed by atoms with Crippen LogP contribution < -0.4 is 0 Å². The Morgan fingerprint density at radius 3 is 1.06 bits per heavy atom. The Morgan fingerprint density at radius 1 is 0.417 bits per heavy atom. The van der Waals surface area contributed by atoms with Crippen LogP contribution >= 0.6 is 0 Å². The van der Waals surface area contributed by atoms with Crippen molar-refractivity contribution in [2.75, 3.05) is 0 Å². The van der Waals surface area contributed by atoms with Gasteiger partial charge in [0, 0.05) is 12.8 Å². The molecule has 0 saturated carbocycles. The van der Waals surface area contributed by atoms with Gasteiger partial charge in [0.05, 0.1) is 0 Å². The van der Waals surface area contributed by atoms with E-state index in [4.69, 9.17) is 20.4 Å². The van der Waals surface area contributed by atoms with Crippen molar-refractivity contribution in [1.29, 1.82) is 0 Å². The minimum Gasteiger partial charge on any atom is -0.481 e. The van der Waals surface area contributed by atoms with E-state index in [-0.39, 0.29) is 6.42 Å². The Hall–Kier alpha value is -2.18. The van der Waals surface area contributed by atoms with Gasteiger partial charge < -0.3 is 20.4 Å². The van der Waals surface area contributed by atoms with Crippen molar-refractivity contribution in [2.24, 2.45) is 0 Å². The number of aliphatic hydroxyl groups is 2. The molecule has 0 rings (SSSR count). The molecule has 48 heavy (non-hydrogen) atoms. The molecule has 0 fully saturated rings. The van der Waals surface area contributed by atoms with E-state index in [0.717, 1.165) is 51.4 Å². The molecule has 0 saturated heterocycles. The zero-order valence-electron chi connectivity index (χ0n) is 31.6. The SMILES string of the molecule is CCCC(O)O.CCCCC/C=C\C/C=C\C/C=C\C/C=C\CCCC(=O)O.CCCCCCCCCCCCCCCCCC(=O)O. The van der Waals surface area contributed by atoms with Crippen LogP contribution in [0.2, 0.25) is 0 Å². The maximum atomic E-state index is 10.3. The first-order chi connectivity index (χ1) is 23.3. The standard InChI is InChI=1S/C20H32O2.C18H36O2.C4H10O2/c1-2-3-4-5-6-7-8-9-10-11-12-13-14-15-16-17-18-19-20(21)22;1-2-3-4-5-6-7-8-9-10-11-12-13-14-15-16-17-18(19)20;1-2-3-4(5)6/h6-7,9-10,12-13,15-16H,2-5,8,11,14,17-19H2,1H3,(H,21,22);2-17H2,1H3,(H,19,20);4-6H,2-3H2,1H3/b7-6-,10-9-,13-12-,16-15-;;. The lowest BCUT2D eigenvalue weighted by Gasteiger charge is -2.03. The zero-order valence-corrected chi connectivity index (χ0v) is 31.6. The number of rotatable bonds is 32. The third-order valence-corrected chi connectivity index (χ3v) is 7.76. The molecule has 0 unspecified atom stereocenters. The second-order valence-electron chi connectivity index (χ2n) is 12.7. The summed E-state index contributed by atoms with van der Waals surface area (Å²) in [5, 5.41) is 33.2. The van der Waals surface area contributed by atoms with Gasteiger partial charge in [0.1, 0.15) is 0 Å². The minimum absolute atomic E-state index is 0.262. The van der Waals surface area contributed by atoms with E-state index < -0.39 is 18.2 Å². The minimum atomic E-state index is -1.10. The van der Waals surface area contributed by atoms with Gasteiger partial charge in [-0.05, 0) is 57.8 Å². The fourth-order valence-corrected chi connectivity index (χ4v) is 4.84. The highest BCUT2D eigenvalue weighted by molar-refractivity contribution is 5.66. The summed E-state index contributed by atoms with van der Waals surface area (Å²) in [6, 6.07) is 0. The van der Waals surface area contributed by atoms with Gasteiger partial charge in [-0.1, -0.05) is 179 Å². The average Bonchev–Trinajstić information content (AvgIpc) is 3.04. The van der Waals surface area contributed by atoms with Gasteiger partial charge >= 0.3 is 11.9 Å². The summed E-state index contributed by atoms with van der Waals surface area (Å²) < 4.78 is 0. The molecule has 0 aliphatic rings. The second kappa shape index (κ2) is 46.9. The number of aliphatic hydroxyl groups excluding tert-OH is 1. The molecule has 0 aromatic carbocycles. The van der Waals surface area contributed by atoms with Crippen LogP contribution in [0.1, 0.15) is 201 Å². The number of carboxylic acid groups (broad SMARTS) is 2. The normalized spacial score (nSPS) is 11.5. The average molecular weight is 679 g/mol. The quantitative estimate of drug-likeness (QED) is 0.0320. The van der Waals surface area contributed by atoms with E-state index in [1.54, 1.807) is 0 Å². The van der Waals surface area contributed by atoms with Gasteiger partial charge in [0.2, 0.25) is 0 Å². The van der Waals surface area contributed by atoms with E-state index in [0.29, 0.717) is 12.8 Å². The van der Waals surface area contributed by atoms with Gasteiger partial charge in [0.25, 0.3) is 0 Å². The number of allylic oxidation sites excluding steroid dienone is 8. The van der Waals surface area contributed by atoms with E-state index >= 15 is 0 Å². The highest BCUT2D eigenvalue weighted by Gasteiger charge is 1.97. The van der Waals surface area contributed by atoms with Crippen LogP contribution in [0.25, 0.3) is 0 Å². The molecular weight excluding hydrogens is 600 g/mol. The van der Waals surface area contributed by atoms with Gasteiger partial charge in [-0.3, -0.25) is 9.59 Å². The van der Waals surface area contributed by atoms with Crippen LogP contribution in [0.4, 0.5) is 0 Å². The van der Waals surface area contributed by atoms with Crippen LogP contribution in [-0.2, 0) is 9.59 Å². The van der Waals surface area contributed by atoms with Gasteiger partial charge in [-0.25, -0.2) is 0 Å². The molecule has 0 spiro atoms. The Labute approximate surface area is 296 Å². The summed E-state index contributed by atoms with van der Waals surface area (Å²) in [4.78, 5) is 20.6. The molecule has 0 bridgehead atoms. The third-order valence-electron chi connectivity index (χ3n) is 7.76. The maximum absolute atomic E-state index is 10.3. The first-order valence-electron chi connectivity index (χ1n) is 19.7. The number of unbranched alkanes of at least 4 members (excludes halogenated alkanes) is 18. The summed E-state index contributed by atoms with van der Waals surface area (Å²) in [6.45, 7) is 6.40. The van der Waals surface area contributed by atoms with Crippen molar-refractivity contribution in [3.8, 4) is 0 Å². The summed E-state index contributed by atoms with van der Waals surface area (Å²) in [7, 11) is 0. The van der Waals surface area contributed by atoms with Gasteiger partial charge in [-0.15, -0.1) is 0 Å². The lowest BCUT2D eigenvalue weighted by molar-refractivity contribution is -0.138. The Kier molecular flexibility index (Phi) is 49.1. The summed E-state index contributed by atoms with van der Waals surface area (Å²) in [5.74, 6) is -1.37. The molecule has 0 aromatic rings. The van der Waals surface area contributed by atoms with Crippen molar-refractivity contribution in [3.05, 3.63) is 48.6 Å². The molecule has 0 heterocycles. The fraction of sp³-hybridized carbons (Fsp3) is 0.762. The lowest BCUT2D eigenvalue weighted by atomic mass is 10.0. The molecule has 0 radical (unpaired) electrons. The molecule has 4 N–H and O–H groups in total. The predicted molar refractivity (Wildman–Crippen MR) is 206 cm³/mol. The van der Waals surface area contributed by atoms with E-state index in [9.17, 15) is 9.59 Å². The number of hydrogen-bond donors (Lipinski definition) is 4. The Morgan fingerprint density at radius 2 is 0.729 bits per heavy atom. The van der Waals surface area contributed by atoms with Crippen LogP contribution in [0.3, 0.4) is 0 Å². The summed E-state index contributed by atoms with van der Waals surface area (Å²) in [5.41, 5.74) is 0. The van der Waals surface area contributed by atoms with Crippen molar-refractivity contribution < 1.29 is 30.0 Å². The second-order valence-corrected chi connectivity index (χ2v) is 12.7. The first kappa shape index (κ1) is 50.2. The van der Waals surface area contributed by atoms with Gasteiger partial charge in [-0.2, -0.15) is 0 Å². The zero-order chi connectivity index (χ0) is 36.2. The van der Waals surface area contributed by atoms with Crippen LogP contribution in [0, 0.1) is 0 Å². The molecule has 0 aromatic heterocycles. The highest BCUT2D eigenvalue weighted by Crippen LogP contribution is 2.13. The van der Waals surface area contributed by atoms with E-state index in [1.165, 1.54) is 109 Å². The number of carboxylic acids is 2. The molecule has 0 aliphatic heterocycles. The lowest BCUT2D eigenvalue weighted by Crippen LogP contribution is -2.01. The van der Waals surface area contributed by atoms with Crippen LogP contribution in [-0.4, -0.2) is 38.7 Å². The number of carbonyl (C=O) groups is 2. The van der Waals surface area contributed by atoms with Crippen LogP contribution in [0.5, 0.6) is 0 Å². The van der Waals surface area contributed by atoms with Gasteiger partial charge in [0.15, 0.2) is 6.29 Å². The molecule has 6 heteroatoms. The van der Waals surface area contributed by atoms with Crippen molar-refractivity contribution in [2.45, 2.75) is 207 Å². The fourth-order valence-electron chi connectivity index (χ4n) is 4.84. The molecule has 0 atom stereocenters. The Balaban J connectivity index is -0.000000722. The topological polar surface area (TPSA) is 115 Å². The molecule has 0 amide bonds. The van der Waals surface area contributed by atoms with Crippen molar-refractivity contribution >= 4 is 11.9 Å². The number of aliphatic carboxylic acids is 2.